The van der Waals surface area contributed by atoms with Crippen molar-refractivity contribution >= 4 is 17.2 Å². The molecule has 1 fully saturated rings. The summed E-state index contributed by atoms with van der Waals surface area (Å²) in [6, 6.07) is 2.08. The van der Waals surface area contributed by atoms with Gasteiger partial charge in [0, 0.05) is 17.3 Å². The fraction of sp³-hybridized carbons (Fsp3) is 0.533. The van der Waals surface area contributed by atoms with Crippen LogP contribution < -0.4 is 5.32 Å². The molecule has 2 aromatic heterocycles. The van der Waals surface area contributed by atoms with E-state index in [2.05, 4.69) is 43.8 Å². The Balaban J connectivity index is 1.46. The predicted octanol–water partition coefficient (Wildman–Crippen LogP) is 1.59. The molecule has 3 heterocycles. The normalized spacial score (nSPS) is 18.7. The average Bonchev–Trinajstić information content (AvgIpc) is 3.18. The van der Waals surface area contributed by atoms with Crippen LogP contribution in [-0.4, -0.2) is 45.6 Å². The van der Waals surface area contributed by atoms with Crippen LogP contribution in [0, 0.1) is 13.8 Å². The largest absolute Gasteiger partial charge is 0.350 e. The Labute approximate surface area is 133 Å². The summed E-state index contributed by atoms with van der Waals surface area (Å²) in [6.07, 6.45) is 1.01. The highest BCUT2D eigenvalue weighted by atomic mass is 32.1. The van der Waals surface area contributed by atoms with Crippen molar-refractivity contribution in [1.82, 2.24) is 25.4 Å². The number of aromatic amines is 1. The minimum absolute atomic E-state index is 0.0830. The molecule has 0 aromatic carbocycles. The van der Waals surface area contributed by atoms with Crippen LogP contribution in [0.25, 0.3) is 0 Å². The van der Waals surface area contributed by atoms with Crippen molar-refractivity contribution < 1.29 is 4.79 Å². The maximum Gasteiger partial charge on any atom is 0.234 e. The molecule has 118 valence electrons. The number of aromatic nitrogens is 3. The lowest BCUT2D eigenvalue weighted by Gasteiger charge is -2.14. The maximum absolute atomic E-state index is 12.1. The number of hydrogen-bond donors (Lipinski definition) is 2. The van der Waals surface area contributed by atoms with Gasteiger partial charge in [0.2, 0.25) is 5.91 Å². The van der Waals surface area contributed by atoms with Crippen LogP contribution in [0.5, 0.6) is 0 Å². The lowest BCUT2D eigenvalue weighted by Crippen LogP contribution is -2.35. The van der Waals surface area contributed by atoms with E-state index in [0.717, 1.165) is 31.2 Å². The number of likely N-dealkylation sites (tertiary alicyclic amines) is 1. The van der Waals surface area contributed by atoms with Crippen molar-refractivity contribution in [2.75, 3.05) is 19.6 Å². The molecule has 1 aliphatic rings. The third kappa shape index (κ3) is 3.53. The molecule has 1 atom stereocenters. The van der Waals surface area contributed by atoms with Crippen LogP contribution in [0.4, 0.5) is 0 Å². The van der Waals surface area contributed by atoms with Crippen LogP contribution in [0.1, 0.15) is 34.4 Å². The van der Waals surface area contributed by atoms with Crippen molar-refractivity contribution in [1.29, 1.82) is 0 Å². The molecule has 0 spiro atoms. The van der Waals surface area contributed by atoms with E-state index < -0.39 is 0 Å². The number of carbonyl (C=O) groups excluding carboxylic acids is 1. The van der Waals surface area contributed by atoms with Gasteiger partial charge in [0.1, 0.15) is 5.82 Å². The zero-order valence-electron chi connectivity index (χ0n) is 12.9. The smallest absolute Gasteiger partial charge is 0.234 e. The van der Waals surface area contributed by atoms with Gasteiger partial charge in [-0.3, -0.25) is 14.8 Å². The number of nitrogens with zero attached hydrogens (tertiary/aromatic N) is 3. The van der Waals surface area contributed by atoms with E-state index in [9.17, 15) is 4.79 Å². The summed E-state index contributed by atoms with van der Waals surface area (Å²) in [4.78, 5) is 19.9. The van der Waals surface area contributed by atoms with Crippen molar-refractivity contribution in [2.24, 2.45) is 0 Å². The second-order valence-electron chi connectivity index (χ2n) is 5.80. The zero-order chi connectivity index (χ0) is 15.5. The number of amides is 1. The highest BCUT2D eigenvalue weighted by molar-refractivity contribution is 7.10. The Bertz CT molecular complexity index is 650. The average molecular weight is 319 g/mol. The standard InChI is InChI=1S/C15H21N5OS/c1-10-4-6-22-13(10)7-16-14(21)9-20-5-3-12(8-20)15-17-11(2)18-19-15/h4,6,12H,3,5,7-9H2,1-2H3,(H,16,21)(H,17,18,19). The lowest BCUT2D eigenvalue weighted by atomic mass is 10.1. The molecule has 0 saturated carbocycles. The van der Waals surface area contributed by atoms with Crippen LogP contribution in [0.15, 0.2) is 11.4 Å². The molecule has 0 radical (unpaired) electrons. The monoisotopic (exact) mass is 319 g/mol. The van der Waals surface area contributed by atoms with Gasteiger partial charge in [0.25, 0.3) is 0 Å². The third-order valence-corrected chi connectivity index (χ3v) is 5.06. The van der Waals surface area contributed by atoms with Gasteiger partial charge in [0.15, 0.2) is 5.82 Å². The number of thiophene rings is 1. The summed E-state index contributed by atoms with van der Waals surface area (Å²) in [5, 5.41) is 12.2. The highest BCUT2D eigenvalue weighted by Crippen LogP contribution is 2.24. The summed E-state index contributed by atoms with van der Waals surface area (Å²) in [6.45, 7) is 6.82. The summed E-state index contributed by atoms with van der Waals surface area (Å²) in [5.41, 5.74) is 1.24. The van der Waals surface area contributed by atoms with E-state index in [0.29, 0.717) is 19.0 Å². The molecule has 22 heavy (non-hydrogen) atoms. The van der Waals surface area contributed by atoms with Crippen molar-refractivity contribution in [3.05, 3.63) is 33.5 Å². The molecule has 7 heteroatoms. The molecule has 1 amide bonds. The first kappa shape index (κ1) is 15.2. The van der Waals surface area contributed by atoms with Gasteiger partial charge in [0.05, 0.1) is 13.1 Å². The van der Waals surface area contributed by atoms with E-state index >= 15 is 0 Å². The molecule has 0 aliphatic carbocycles. The number of nitrogens with one attached hydrogen (secondary N) is 2. The molecule has 0 bridgehead atoms. The Morgan fingerprint density at radius 1 is 1.55 bits per heavy atom. The molecular weight excluding hydrogens is 298 g/mol. The van der Waals surface area contributed by atoms with Gasteiger partial charge < -0.3 is 5.32 Å². The number of rotatable bonds is 5. The molecule has 1 aliphatic heterocycles. The van der Waals surface area contributed by atoms with E-state index in [-0.39, 0.29) is 5.91 Å². The molecule has 1 unspecified atom stereocenters. The van der Waals surface area contributed by atoms with Crippen LogP contribution in [0.2, 0.25) is 0 Å². The second kappa shape index (κ2) is 6.58. The van der Waals surface area contributed by atoms with E-state index in [4.69, 9.17) is 0 Å². The van der Waals surface area contributed by atoms with Crippen LogP contribution in [0.3, 0.4) is 0 Å². The minimum Gasteiger partial charge on any atom is -0.350 e. The summed E-state index contributed by atoms with van der Waals surface area (Å²) in [5.74, 6) is 2.13. The van der Waals surface area contributed by atoms with Crippen molar-refractivity contribution in [3.8, 4) is 0 Å². The Morgan fingerprint density at radius 2 is 2.41 bits per heavy atom. The maximum atomic E-state index is 12.1. The van der Waals surface area contributed by atoms with Crippen molar-refractivity contribution in [2.45, 2.75) is 32.7 Å². The first-order chi connectivity index (χ1) is 10.6. The molecule has 2 N–H and O–H groups in total. The fourth-order valence-electron chi connectivity index (χ4n) is 2.75. The summed E-state index contributed by atoms with van der Waals surface area (Å²) >= 11 is 1.69. The fourth-order valence-corrected chi connectivity index (χ4v) is 3.60. The van der Waals surface area contributed by atoms with Gasteiger partial charge >= 0.3 is 0 Å². The second-order valence-corrected chi connectivity index (χ2v) is 6.80. The molecule has 2 aromatic rings. The Hall–Kier alpha value is -1.73. The van der Waals surface area contributed by atoms with Gasteiger partial charge in [-0.25, -0.2) is 4.98 Å². The van der Waals surface area contributed by atoms with E-state index in [1.54, 1.807) is 11.3 Å². The van der Waals surface area contributed by atoms with Crippen LogP contribution in [-0.2, 0) is 11.3 Å². The Kier molecular flexibility index (Phi) is 4.54. The SMILES string of the molecule is Cc1nc(C2CCN(CC(=O)NCc3sccc3C)C2)n[nH]1. The highest BCUT2D eigenvalue weighted by Gasteiger charge is 2.27. The number of aryl methyl sites for hydroxylation is 2. The minimum atomic E-state index is 0.0830. The number of H-pyrrole nitrogens is 1. The quantitative estimate of drug-likeness (QED) is 0.878. The molecular formula is C15H21N5OS. The van der Waals surface area contributed by atoms with Crippen LogP contribution >= 0.6 is 11.3 Å². The first-order valence-electron chi connectivity index (χ1n) is 7.52. The topological polar surface area (TPSA) is 73.9 Å². The van der Waals surface area contributed by atoms with E-state index in [1.165, 1.54) is 10.4 Å². The zero-order valence-corrected chi connectivity index (χ0v) is 13.7. The molecule has 3 rings (SSSR count). The number of carbonyl (C=O) groups is 1. The number of hydrogen-bond acceptors (Lipinski definition) is 5. The predicted molar refractivity (Wildman–Crippen MR) is 85.8 cm³/mol. The van der Waals surface area contributed by atoms with Gasteiger partial charge in [-0.15, -0.1) is 11.3 Å². The molecule has 1 saturated heterocycles. The first-order valence-corrected chi connectivity index (χ1v) is 8.40. The molecule has 6 nitrogen and oxygen atoms in total. The van der Waals surface area contributed by atoms with Gasteiger partial charge in [-0.05, 0) is 43.8 Å². The van der Waals surface area contributed by atoms with Gasteiger partial charge in [-0.2, -0.15) is 5.10 Å². The third-order valence-electron chi connectivity index (χ3n) is 4.03. The van der Waals surface area contributed by atoms with E-state index in [1.807, 2.05) is 6.92 Å². The summed E-state index contributed by atoms with van der Waals surface area (Å²) < 4.78 is 0. The lowest BCUT2D eigenvalue weighted by molar-refractivity contribution is -0.122. The van der Waals surface area contributed by atoms with Gasteiger partial charge in [-0.1, -0.05) is 0 Å². The Morgan fingerprint density at radius 3 is 3.09 bits per heavy atom. The summed E-state index contributed by atoms with van der Waals surface area (Å²) in [7, 11) is 0. The van der Waals surface area contributed by atoms with Crippen molar-refractivity contribution in [3.63, 3.8) is 0 Å².